The fourth-order valence-corrected chi connectivity index (χ4v) is 1.22. The molecule has 0 spiro atoms. The van der Waals surface area contributed by atoms with Crippen LogP contribution in [0.2, 0.25) is 0 Å². The van der Waals surface area contributed by atoms with Gasteiger partial charge < -0.3 is 0 Å². The summed E-state index contributed by atoms with van der Waals surface area (Å²) in [5.74, 6) is 0.692. The Balaban J connectivity index is 0. The van der Waals surface area contributed by atoms with Gasteiger partial charge in [-0.3, -0.25) is 0 Å². The first-order valence-electron chi connectivity index (χ1n) is 6.07. The highest BCUT2D eigenvalue weighted by Gasteiger charge is 2.00. The molecule has 15 heavy (non-hydrogen) atoms. The van der Waals surface area contributed by atoms with Gasteiger partial charge in [-0.2, -0.15) is 0 Å². The van der Waals surface area contributed by atoms with Crippen LogP contribution in [-0.4, -0.2) is 0 Å². The lowest BCUT2D eigenvalue weighted by Crippen LogP contribution is -1.90. The van der Waals surface area contributed by atoms with E-state index in [-0.39, 0.29) is 0 Å². The molecule has 0 nitrogen and oxygen atoms in total. The summed E-state index contributed by atoms with van der Waals surface area (Å²) < 4.78 is 0. The molecule has 0 aromatic heterocycles. The lowest BCUT2D eigenvalue weighted by Gasteiger charge is -2.09. The predicted molar refractivity (Wildman–Crippen MR) is 77.3 cm³/mol. The first-order valence-corrected chi connectivity index (χ1v) is 6.64. The molecular weight excluding hydrogens is 199 g/mol. The molecule has 0 rings (SSSR count). The SMILES string of the molecule is C=CCC.CCCC/C(C)=C(/P)C(C)C. The third-order valence-corrected chi connectivity index (χ3v) is 3.47. The Morgan fingerprint density at radius 3 is 2.07 bits per heavy atom. The third kappa shape index (κ3) is 11.8. The predicted octanol–water partition coefficient (Wildman–Crippen LogP) is 5.56. The van der Waals surface area contributed by atoms with Crippen LogP contribution in [0.5, 0.6) is 0 Å². The summed E-state index contributed by atoms with van der Waals surface area (Å²) in [4.78, 5) is 0. The highest BCUT2D eigenvalue weighted by molar-refractivity contribution is 7.22. The molecule has 0 fully saturated rings. The second-order valence-electron chi connectivity index (χ2n) is 4.19. The topological polar surface area (TPSA) is 0 Å². The van der Waals surface area contributed by atoms with Gasteiger partial charge >= 0.3 is 0 Å². The molecule has 1 atom stereocenters. The zero-order valence-electron chi connectivity index (χ0n) is 11.3. The minimum atomic E-state index is 0.692. The molecule has 0 amide bonds. The molecular formula is C14H29P. The molecule has 0 N–H and O–H groups in total. The molecule has 0 aliphatic rings. The Hall–Kier alpha value is -0.0900. The van der Waals surface area contributed by atoms with E-state index in [1.165, 1.54) is 24.6 Å². The van der Waals surface area contributed by atoms with Gasteiger partial charge in [0.25, 0.3) is 0 Å². The number of hydrogen-bond acceptors (Lipinski definition) is 0. The van der Waals surface area contributed by atoms with Gasteiger partial charge in [0, 0.05) is 0 Å². The molecule has 0 aliphatic carbocycles. The zero-order chi connectivity index (χ0) is 12.3. The Morgan fingerprint density at radius 1 is 1.33 bits per heavy atom. The van der Waals surface area contributed by atoms with E-state index in [0.29, 0.717) is 5.92 Å². The molecule has 1 unspecified atom stereocenters. The van der Waals surface area contributed by atoms with E-state index in [2.05, 4.69) is 50.4 Å². The minimum absolute atomic E-state index is 0.692. The van der Waals surface area contributed by atoms with Crippen LogP contribution in [0.3, 0.4) is 0 Å². The van der Waals surface area contributed by atoms with E-state index in [4.69, 9.17) is 0 Å². The van der Waals surface area contributed by atoms with Crippen molar-refractivity contribution in [2.24, 2.45) is 5.92 Å². The van der Waals surface area contributed by atoms with Crippen molar-refractivity contribution in [3.8, 4) is 0 Å². The molecule has 0 heterocycles. The summed E-state index contributed by atoms with van der Waals surface area (Å²) >= 11 is 0. The average Bonchev–Trinajstić information content (AvgIpc) is 2.24. The first kappa shape index (κ1) is 17.3. The van der Waals surface area contributed by atoms with Crippen LogP contribution >= 0.6 is 9.24 Å². The van der Waals surface area contributed by atoms with Crippen LogP contribution in [0.1, 0.15) is 60.3 Å². The van der Waals surface area contributed by atoms with Crippen LogP contribution in [-0.2, 0) is 0 Å². The normalized spacial score (nSPS) is 11.7. The summed E-state index contributed by atoms with van der Waals surface area (Å²) in [6.07, 6.45) is 6.86. The van der Waals surface area contributed by atoms with Crippen molar-refractivity contribution in [1.82, 2.24) is 0 Å². The van der Waals surface area contributed by atoms with Gasteiger partial charge in [-0.25, -0.2) is 0 Å². The average molecular weight is 228 g/mol. The third-order valence-electron chi connectivity index (χ3n) is 2.31. The van der Waals surface area contributed by atoms with E-state index < -0.39 is 0 Å². The summed E-state index contributed by atoms with van der Waals surface area (Å²) in [7, 11) is 2.86. The summed E-state index contributed by atoms with van der Waals surface area (Å²) in [6.45, 7) is 14.5. The van der Waals surface area contributed by atoms with Crippen molar-refractivity contribution >= 4 is 9.24 Å². The number of rotatable bonds is 5. The number of hydrogen-bond donors (Lipinski definition) is 0. The van der Waals surface area contributed by atoms with Crippen molar-refractivity contribution in [2.75, 3.05) is 0 Å². The second kappa shape index (κ2) is 12.0. The Labute approximate surface area is 99.4 Å². The van der Waals surface area contributed by atoms with Gasteiger partial charge in [0.05, 0.1) is 0 Å². The maximum Gasteiger partial charge on any atom is -0.0220 e. The molecule has 0 aliphatic heterocycles. The Kier molecular flexibility index (Phi) is 13.8. The minimum Gasteiger partial charge on any atom is -0.110 e. The summed E-state index contributed by atoms with van der Waals surface area (Å²) in [5.41, 5.74) is 1.56. The van der Waals surface area contributed by atoms with Gasteiger partial charge in [0.2, 0.25) is 0 Å². The zero-order valence-corrected chi connectivity index (χ0v) is 12.4. The van der Waals surface area contributed by atoms with E-state index in [1.807, 2.05) is 6.08 Å². The summed E-state index contributed by atoms with van der Waals surface area (Å²) in [5, 5.41) is 1.50. The molecule has 0 aromatic rings. The van der Waals surface area contributed by atoms with Crippen LogP contribution in [0, 0.1) is 5.92 Å². The molecule has 0 saturated carbocycles. The van der Waals surface area contributed by atoms with Gasteiger partial charge in [0.1, 0.15) is 0 Å². The van der Waals surface area contributed by atoms with E-state index >= 15 is 0 Å². The molecule has 1 heteroatoms. The van der Waals surface area contributed by atoms with Gasteiger partial charge in [-0.15, -0.1) is 15.8 Å². The van der Waals surface area contributed by atoms with Crippen molar-refractivity contribution in [3.05, 3.63) is 23.5 Å². The number of allylic oxidation sites excluding steroid dienone is 3. The van der Waals surface area contributed by atoms with Crippen molar-refractivity contribution < 1.29 is 0 Å². The van der Waals surface area contributed by atoms with Crippen molar-refractivity contribution in [3.63, 3.8) is 0 Å². The van der Waals surface area contributed by atoms with Gasteiger partial charge in [0.15, 0.2) is 0 Å². The highest BCUT2D eigenvalue weighted by Crippen LogP contribution is 2.24. The highest BCUT2D eigenvalue weighted by atomic mass is 31.0. The van der Waals surface area contributed by atoms with Crippen LogP contribution in [0.15, 0.2) is 23.5 Å². The molecule has 90 valence electrons. The number of unbranched alkanes of at least 4 members (excludes halogenated alkanes) is 1. The Morgan fingerprint density at radius 2 is 1.80 bits per heavy atom. The maximum atomic E-state index is 3.48. The largest absolute Gasteiger partial charge is 0.110 e. The van der Waals surface area contributed by atoms with E-state index in [1.54, 1.807) is 5.57 Å². The maximum absolute atomic E-state index is 3.48. The Bertz CT molecular complexity index is 178. The summed E-state index contributed by atoms with van der Waals surface area (Å²) in [6, 6.07) is 0. The second-order valence-corrected chi connectivity index (χ2v) is 4.81. The van der Waals surface area contributed by atoms with Gasteiger partial charge in [-0.1, -0.05) is 51.1 Å². The van der Waals surface area contributed by atoms with Crippen LogP contribution in [0.25, 0.3) is 0 Å². The van der Waals surface area contributed by atoms with Gasteiger partial charge in [-0.05, 0) is 32.1 Å². The van der Waals surface area contributed by atoms with E-state index in [9.17, 15) is 0 Å². The van der Waals surface area contributed by atoms with Crippen molar-refractivity contribution in [1.29, 1.82) is 0 Å². The fraction of sp³-hybridized carbons (Fsp3) is 0.714. The fourth-order valence-electron chi connectivity index (χ4n) is 1.08. The quantitative estimate of drug-likeness (QED) is 0.426. The molecule has 0 saturated heterocycles. The van der Waals surface area contributed by atoms with Crippen LogP contribution in [0.4, 0.5) is 0 Å². The molecule has 0 bridgehead atoms. The standard InChI is InChI=1S/C10H21P.C4H8/c1-5-6-7-9(4)10(11)8(2)3;1-3-4-2/h8H,5-7,11H2,1-4H3;3H,1,4H2,2H3/b10-9+;. The van der Waals surface area contributed by atoms with Crippen LogP contribution < -0.4 is 0 Å². The smallest absolute Gasteiger partial charge is 0.0220 e. The lowest BCUT2D eigenvalue weighted by molar-refractivity contribution is 0.751. The monoisotopic (exact) mass is 228 g/mol. The molecule has 0 radical (unpaired) electrons. The first-order chi connectivity index (χ1) is 7.01. The molecule has 0 aromatic carbocycles. The van der Waals surface area contributed by atoms with Crippen molar-refractivity contribution in [2.45, 2.75) is 60.3 Å². The lowest BCUT2D eigenvalue weighted by atomic mass is 10.1. The van der Waals surface area contributed by atoms with E-state index in [0.717, 1.165) is 6.42 Å².